The molecule has 0 fully saturated rings. The van der Waals surface area contributed by atoms with Gasteiger partial charge in [-0.25, -0.2) is 17.2 Å². The molecule has 9 heteroatoms. The van der Waals surface area contributed by atoms with Crippen molar-refractivity contribution >= 4 is 43.9 Å². The smallest absolute Gasteiger partial charge is 0.264 e. The van der Waals surface area contributed by atoms with E-state index in [4.69, 9.17) is 11.6 Å². The van der Waals surface area contributed by atoms with Gasteiger partial charge in [-0.1, -0.05) is 0 Å². The summed E-state index contributed by atoms with van der Waals surface area (Å²) in [7, 11) is -4.14. The van der Waals surface area contributed by atoms with Gasteiger partial charge in [0.2, 0.25) is 0 Å². The van der Waals surface area contributed by atoms with Crippen LogP contribution in [0, 0.1) is 11.6 Å². The largest absolute Gasteiger partial charge is 0.278 e. The van der Waals surface area contributed by atoms with Crippen LogP contribution in [0.2, 0.25) is 0 Å². The molecule has 0 bridgehead atoms. The highest BCUT2D eigenvalue weighted by molar-refractivity contribution is 7.92. The number of hydrogen-bond donors (Lipinski definition) is 1. The Bertz CT molecular complexity index is 774. The second kappa shape index (κ2) is 5.47. The van der Waals surface area contributed by atoms with Gasteiger partial charge in [0.1, 0.15) is 4.88 Å². The third-order valence-electron chi connectivity index (χ3n) is 2.29. The van der Waals surface area contributed by atoms with E-state index < -0.39 is 31.8 Å². The van der Waals surface area contributed by atoms with E-state index >= 15 is 0 Å². The number of halogens is 3. The third-order valence-corrected chi connectivity index (χ3v) is 4.87. The summed E-state index contributed by atoms with van der Waals surface area (Å²) in [6.07, 6.45) is 0. The number of thiophene rings is 1. The van der Waals surface area contributed by atoms with Crippen molar-refractivity contribution in [2.75, 3.05) is 4.72 Å². The van der Waals surface area contributed by atoms with Crippen molar-refractivity contribution in [3.63, 3.8) is 0 Å². The number of sulfonamides is 1. The van der Waals surface area contributed by atoms with E-state index in [-0.39, 0.29) is 10.6 Å². The maximum Gasteiger partial charge on any atom is 0.264 e. The first-order chi connectivity index (χ1) is 9.31. The van der Waals surface area contributed by atoms with E-state index in [2.05, 4.69) is 4.72 Å². The molecule has 2 aromatic rings. The Morgan fingerprint density at radius 3 is 2.50 bits per heavy atom. The average Bonchev–Trinajstić information content (AvgIpc) is 2.80. The molecule has 0 aliphatic heterocycles. The quantitative estimate of drug-likeness (QED) is 0.871. The summed E-state index contributed by atoms with van der Waals surface area (Å²) in [6, 6.07) is 3.50. The second-order valence-electron chi connectivity index (χ2n) is 3.62. The number of benzene rings is 1. The van der Waals surface area contributed by atoms with E-state index in [1.165, 1.54) is 11.4 Å². The monoisotopic (exact) mass is 337 g/mol. The number of rotatable bonds is 4. The van der Waals surface area contributed by atoms with Crippen LogP contribution in [0.25, 0.3) is 0 Å². The molecule has 0 saturated carbocycles. The molecule has 20 heavy (non-hydrogen) atoms. The Kier molecular flexibility index (Phi) is 4.07. The Morgan fingerprint density at radius 1 is 1.20 bits per heavy atom. The van der Waals surface area contributed by atoms with Crippen LogP contribution in [-0.2, 0) is 10.0 Å². The highest BCUT2D eigenvalue weighted by atomic mass is 35.5. The first kappa shape index (κ1) is 14.9. The van der Waals surface area contributed by atoms with Crippen LogP contribution < -0.4 is 4.72 Å². The van der Waals surface area contributed by atoms with E-state index in [0.29, 0.717) is 12.1 Å². The number of carbonyl (C=O) groups is 1. The van der Waals surface area contributed by atoms with Crippen molar-refractivity contribution in [3.8, 4) is 0 Å². The molecule has 0 amide bonds. The Labute approximate surface area is 122 Å². The minimum Gasteiger partial charge on any atom is -0.278 e. The lowest BCUT2D eigenvalue weighted by Crippen LogP contribution is -2.14. The number of nitrogens with one attached hydrogen (secondary N) is 1. The van der Waals surface area contributed by atoms with Crippen LogP contribution in [-0.4, -0.2) is 13.7 Å². The molecule has 106 valence electrons. The summed E-state index contributed by atoms with van der Waals surface area (Å²) in [4.78, 5) is 10.6. The standard InChI is InChI=1S/C11H6ClF2NO3S2/c12-11(16)10-9(3-4-19-10)15-20(17,18)6-1-2-7(13)8(14)5-6/h1-5,15H. The first-order valence-electron chi connectivity index (χ1n) is 5.06. The van der Waals surface area contributed by atoms with Crippen LogP contribution in [0.15, 0.2) is 34.5 Å². The summed E-state index contributed by atoms with van der Waals surface area (Å²) >= 11 is 6.25. The van der Waals surface area contributed by atoms with Crippen molar-refractivity contribution < 1.29 is 22.0 Å². The molecule has 1 aromatic heterocycles. The predicted molar refractivity (Wildman–Crippen MR) is 71.7 cm³/mol. The SMILES string of the molecule is O=C(Cl)c1sccc1NS(=O)(=O)c1ccc(F)c(F)c1. The number of carbonyl (C=O) groups excluding carboxylic acids is 1. The molecule has 1 aromatic carbocycles. The molecule has 1 heterocycles. The van der Waals surface area contributed by atoms with Crippen LogP contribution in [0.5, 0.6) is 0 Å². The van der Waals surface area contributed by atoms with Gasteiger partial charge in [0.05, 0.1) is 10.6 Å². The molecule has 0 aliphatic carbocycles. The molecule has 0 aliphatic rings. The zero-order chi connectivity index (χ0) is 14.9. The van der Waals surface area contributed by atoms with Crippen LogP contribution >= 0.6 is 22.9 Å². The minimum absolute atomic E-state index is 0.0119. The van der Waals surface area contributed by atoms with Crippen molar-refractivity contribution in [1.82, 2.24) is 0 Å². The molecular formula is C11H6ClF2NO3S2. The molecule has 0 atom stereocenters. The molecule has 0 spiro atoms. The molecule has 0 radical (unpaired) electrons. The lowest BCUT2D eigenvalue weighted by Gasteiger charge is -2.07. The van der Waals surface area contributed by atoms with Crippen LogP contribution in [0.4, 0.5) is 14.5 Å². The van der Waals surface area contributed by atoms with Crippen molar-refractivity contribution in [2.24, 2.45) is 0 Å². The normalized spacial score (nSPS) is 11.3. The van der Waals surface area contributed by atoms with E-state index in [0.717, 1.165) is 17.4 Å². The molecule has 0 saturated heterocycles. The van der Waals surface area contributed by atoms with Gasteiger partial charge in [0.15, 0.2) is 11.6 Å². The number of anilines is 1. The molecule has 2 rings (SSSR count). The minimum atomic E-state index is -4.14. The number of hydrogen-bond acceptors (Lipinski definition) is 4. The Balaban J connectivity index is 2.38. The van der Waals surface area contributed by atoms with Crippen molar-refractivity contribution in [2.45, 2.75) is 4.90 Å². The molecule has 4 nitrogen and oxygen atoms in total. The third kappa shape index (κ3) is 2.97. The van der Waals surface area contributed by atoms with Gasteiger partial charge in [-0.05, 0) is 41.2 Å². The Morgan fingerprint density at radius 2 is 1.90 bits per heavy atom. The van der Waals surface area contributed by atoms with Gasteiger partial charge in [-0.2, -0.15) is 0 Å². The fraction of sp³-hybridized carbons (Fsp3) is 0. The van der Waals surface area contributed by atoms with Gasteiger partial charge in [0, 0.05) is 0 Å². The summed E-state index contributed by atoms with van der Waals surface area (Å²) in [6.45, 7) is 0. The summed E-state index contributed by atoms with van der Waals surface area (Å²) < 4.78 is 51.9. The van der Waals surface area contributed by atoms with E-state index in [1.807, 2.05) is 0 Å². The zero-order valence-corrected chi connectivity index (χ0v) is 12.0. The second-order valence-corrected chi connectivity index (χ2v) is 6.56. The lowest BCUT2D eigenvalue weighted by molar-refractivity contribution is 0.108. The topological polar surface area (TPSA) is 63.2 Å². The van der Waals surface area contributed by atoms with Gasteiger partial charge in [0.25, 0.3) is 15.3 Å². The van der Waals surface area contributed by atoms with Crippen LogP contribution in [0.3, 0.4) is 0 Å². The fourth-order valence-corrected chi connectivity index (χ4v) is 3.45. The van der Waals surface area contributed by atoms with E-state index in [1.54, 1.807) is 0 Å². The van der Waals surface area contributed by atoms with E-state index in [9.17, 15) is 22.0 Å². The van der Waals surface area contributed by atoms with Crippen molar-refractivity contribution in [1.29, 1.82) is 0 Å². The first-order valence-corrected chi connectivity index (χ1v) is 7.80. The average molecular weight is 338 g/mol. The highest BCUT2D eigenvalue weighted by Crippen LogP contribution is 2.27. The van der Waals surface area contributed by atoms with Gasteiger partial charge >= 0.3 is 0 Å². The lowest BCUT2D eigenvalue weighted by atomic mass is 10.3. The van der Waals surface area contributed by atoms with Crippen molar-refractivity contribution in [3.05, 3.63) is 46.2 Å². The predicted octanol–water partition coefficient (Wildman–Crippen LogP) is 3.21. The summed E-state index contributed by atoms with van der Waals surface area (Å²) in [5.41, 5.74) is -0.0141. The highest BCUT2D eigenvalue weighted by Gasteiger charge is 2.20. The summed E-state index contributed by atoms with van der Waals surface area (Å²) in [5, 5.41) is 0.654. The van der Waals surface area contributed by atoms with Gasteiger partial charge in [-0.3, -0.25) is 9.52 Å². The molecule has 1 N–H and O–H groups in total. The Hall–Kier alpha value is -1.51. The summed E-state index contributed by atoms with van der Waals surface area (Å²) in [5.74, 6) is -2.44. The van der Waals surface area contributed by atoms with Gasteiger partial charge < -0.3 is 0 Å². The zero-order valence-electron chi connectivity index (χ0n) is 9.56. The van der Waals surface area contributed by atoms with Crippen LogP contribution in [0.1, 0.15) is 9.67 Å². The maximum absolute atomic E-state index is 13.1. The molecular weight excluding hydrogens is 332 g/mol. The fourth-order valence-electron chi connectivity index (χ4n) is 1.39. The molecule has 0 unspecified atom stereocenters. The maximum atomic E-state index is 13.1. The van der Waals surface area contributed by atoms with Gasteiger partial charge in [-0.15, -0.1) is 11.3 Å².